The maximum atomic E-state index is 10.6. The van der Waals surface area contributed by atoms with Crippen molar-refractivity contribution in [3.05, 3.63) is 0 Å². The first-order valence-electron chi connectivity index (χ1n) is 3.31. The zero-order valence-corrected chi connectivity index (χ0v) is 7.36. The normalized spacial score (nSPS) is 8.55. The van der Waals surface area contributed by atoms with Crippen LogP contribution in [0.1, 0.15) is 13.8 Å². The number of alkyl carbamates (subject to hydrolysis) is 1. The van der Waals surface area contributed by atoms with Crippen molar-refractivity contribution in [2.75, 3.05) is 13.2 Å². The molecule has 0 aliphatic heterocycles. The summed E-state index contributed by atoms with van der Waals surface area (Å²) < 4.78 is 9.32. The van der Waals surface area contributed by atoms with Gasteiger partial charge in [0.05, 0.1) is 13.2 Å². The van der Waals surface area contributed by atoms with Gasteiger partial charge in [0.2, 0.25) is 0 Å². The van der Waals surface area contributed by atoms with Crippen LogP contribution in [-0.2, 0) is 9.47 Å². The molecule has 0 bridgehead atoms. The molecule has 5 heteroatoms. The molecule has 0 saturated heterocycles. The van der Waals surface area contributed by atoms with Crippen LogP contribution >= 0.6 is 12.2 Å². The number of carbonyl (C=O) groups is 1. The van der Waals surface area contributed by atoms with Gasteiger partial charge in [-0.2, -0.15) is 0 Å². The first-order chi connectivity index (χ1) is 5.20. The van der Waals surface area contributed by atoms with Crippen molar-refractivity contribution in [1.82, 2.24) is 5.32 Å². The molecule has 0 radical (unpaired) electrons. The summed E-state index contributed by atoms with van der Waals surface area (Å²) in [7, 11) is 0. The van der Waals surface area contributed by atoms with Crippen LogP contribution < -0.4 is 5.32 Å². The Morgan fingerprint density at radius 1 is 1.36 bits per heavy atom. The molecule has 0 aliphatic carbocycles. The number of amides is 1. The minimum Gasteiger partial charge on any atom is -0.471 e. The third-order valence-corrected chi connectivity index (χ3v) is 0.975. The van der Waals surface area contributed by atoms with E-state index < -0.39 is 6.09 Å². The molecular weight excluding hydrogens is 166 g/mol. The van der Waals surface area contributed by atoms with Gasteiger partial charge >= 0.3 is 6.09 Å². The number of nitrogens with one attached hydrogen (secondary N) is 1. The third kappa shape index (κ3) is 5.60. The van der Waals surface area contributed by atoms with E-state index in [2.05, 4.69) is 22.3 Å². The van der Waals surface area contributed by atoms with Crippen LogP contribution in [0.5, 0.6) is 0 Å². The molecule has 4 nitrogen and oxygen atoms in total. The fourth-order valence-electron chi connectivity index (χ4n) is 0.418. The zero-order valence-electron chi connectivity index (χ0n) is 6.55. The van der Waals surface area contributed by atoms with E-state index >= 15 is 0 Å². The lowest BCUT2D eigenvalue weighted by Gasteiger charge is -2.05. The minimum absolute atomic E-state index is 0.0472. The van der Waals surface area contributed by atoms with Crippen molar-refractivity contribution in [1.29, 1.82) is 0 Å². The number of hydrogen-bond donors (Lipinski definition) is 1. The quantitative estimate of drug-likeness (QED) is 0.640. The van der Waals surface area contributed by atoms with E-state index in [1.165, 1.54) is 0 Å². The molecule has 0 spiro atoms. The highest BCUT2D eigenvalue weighted by molar-refractivity contribution is 7.80. The van der Waals surface area contributed by atoms with Gasteiger partial charge in [-0.1, -0.05) is 0 Å². The lowest BCUT2D eigenvalue weighted by Crippen LogP contribution is -2.31. The Kier molecular flexibility index (Phi) is 5.46. The molecule has 1 N–H and O–H groups in total. The van der Waals surface area contributed by atoms with Gasteiger partial charge in [0.25, 0.3) is 5.17 Å². The Hall–Kier alpha value is -0.840. The summed E-state index contributed by atoms with van der Waals surface area (Å²) in [6.45, 7) is 4.24. The second kappa shape index (κ2) is 5.91. The highest BCUT2D eigenvalue weighted by Gasteiger charge is 2.02. The molecule has 0 rings (SSSR count). The number of ether oxygens (including phenoxy) is 2. The lowest BCUT2D eigenvalue weighted by molar-refractivity contribution is 0.155. The van der Waals surface area contributed by atoms with Crippen molar-refractivity contribution in [3.63, 3.8) is 0 Å². The Morgan fingerprint density at radius 2 is 1.91 bits per heavy atom. The molecule has 0 unspecified atom stereocenters. The molecule has 0 saturated carbocycles. The van der Waals surface area contributed by atoms with Crippen LogP contribution in [0.15, 0.2) is 0 Å². The van der Waals surface area contributed by atoms with Crippen molar-refractivity contribution in [2.24, 2.45) is 0 Å². The molecule has 0 aromatic carbocycles. The molecule has 0 heterocycles. The number of carbonyl (C=O) groups excluding carboxylic acids is 1. The van der Waals surface area contributed by atoms with E-state index in [0.717, 1.165) is 0 Å². The van der Waals surface area contributed by atoms with Gasteiger partial charge in [-0.25, -0.2) is 4.79 Å². The first-order valence-corrected chi connectivity index (χ1v) is 3.72. The Morgan fingerprint density at radius 3 is 2.36 bits per heavy atom. The van der Waals surface area contributed by atoms with Crippen molar-refractivity contribution in [3.8, 4) is 0 Å². The Bertz CT molecular complexity index is 133. The Balaban J connectivity index is 3.49. The van der Waals surface area contributed by atoms with Crippen LogP contribution in [-0.4, -0.2) is 24.5 Å². The third-order valence-electron chi connectivity index (χ3n) is 0.755. The van der Waals surface area contributed by atoms with Gasteiger partial charge in [0, 0.05) is 0 Å². The summed E-state index contributed by atoms with van der Waals surface area (Å²) in [5.74, 6) is 0. The molecule has 0 fully saturated rings. The molecular formula is C6H11NO3S. The monoisotopic (exact) mass is 177 g/mol. The average Bonchev–Trinajstić information content (AvgIpc) is 1.87. The van der Waals surface area contributed by atoms with Crippen molar-refractivity contribution < 1.29 is 14.3 Å². The minimum atomic E-state index is -0.578. The van der Waals surface area contributed by atoms with E-state index in [1.54, 1.807) is 13.8 Å². The summed E-state index contributed by atoms with van der Waals surface area (Å²) in [5.41, 5.74) is 0. The van der Waals surface area contributed by atoms with Crippen LogP contribution in [0.3, 0.4) is 0 Å². The fourth-order valence-corrected chi connectivity index (χ4v) is 0.619. The smallest absolute Gasteiger partial charge is 0.414 e. The standard InChI is InChI=1S/C6H11NO3S/c1-3-9-5(8)7-6(11)10-4-2/h3-4H2,1-2H3,(H,7,8,11). The number of thiocarbonyl (C=S) groups is 1. The summed E-state index contributed by atoms with van der Waals surface area (Å²) in [5, 5.41) is 2.28. The predicted octanol–water partition coefficient (Wildman–Crippen LogP) is 1.05. The van der Waals surface area contributed by atoms with E-state index in [1.807, 2.05) is 0 Å². The summed E-state index contributed by atoms with van der Waals surface area (Å²) in [6.07, 6.45) is -0.578. The maximum absolute atomic E-state index is 10.6. The molecule has 0 aromatic rings. The molecule has 0 atom stereocenters. The zero-order chi connectivity index (χ0) is 8.69. The van der Waals surface area contributed by atoms with Crippen molar-refractivity contribution in [2.45, 2.75) is 13.8 Å². The SMILES string of the molecule is CCOC(=O)NC(=S)OCC. The lowest BCUT2D eigenvalue weighted by atomic mass is 10.8. The molecule has 0 aliphatic rings. The molecule has 64 valence electrons. The van der Waals surface area contributed by atoms with Crippen LogP contribution in [0.4, 0.5) is 4.79 Å². The first kappa shape index (κ1) is 10.2. The van der Waals surface area contributed by atoms with Crippen LogP contribution in [0.25, 0.3) is 0 Å². The highest BCUT2D eigenvalue weighted by Crippen LogP contribution is 1.80. The van der Waals surface area contributed by atoms with Gasteiger partial charge in [-0.3, -0.25) is 5.32 Å². The Labute approximate surface area is 70.9 Å². The molecule has 0 aromatic heterocycles. The summed E-state index contributed by atoms with van der Waals surface area (Å²) >= 11 is 4.61. The average molecular weight is 177 g/mol. The van der Waals surface area contributed by atoms with Gasteiger partial charge in [-0.05, 0) is 26.1 Å². The van der Waals surface area contributed by atoms with Crippen molar-refractivity contribution >= 4 is 23.5 Å². The second-order valence-electron chi connectivity index (χ2n) is 1.57. The van der Waals surface area contributed by atoms with Crippen LogP contribution in [0.2, 0.25) is 0 Å². The van der Waals surface area contributed by atoms with E-state index in [0.29, 0.717) is 13.2 Å². The molecule has 1 amide bonds. The van der Waals surface area contributed by atoms with Crippen LogP contribution in [0, 0.1) is 0 Å². The maximum Gasteiger partial charge on any atom is 0.414 e. The van der Waals surface area contributed by atoms with E-state index in [-0.39, 0.29) is 5.17 Å². The van der Waals surface area contributed by atoms with Gasteiger partial charge in [0.15, 0.2) is 0 Å². The summed E-state index contributed by atoms with van der Waals surface area (Å²) in [6, 6.07) is 0. The van der Waals surface area contributed by atoms with Gasteiger partial charge in [0.1, 0.15) is 0 Å². The number of rotatable bonds is 2. The molecule has 11 heavy (non-hydrogen) atoms. The highest BCUT2D eigenvalue weighted by atomic mass is 32.1. The topological polar surface area (TPSA) is 47.6 Å². The van der Waals surface area contributed by atoms with E-state index in [4.69, 9.17) is 4.74 Å². The second-order valence-corrected chi connectivity index (χ2v) is 1.94. The number of hydrogen-bond acceptors (Lipinski definition) is 4. The predicted molar refractivity (Wildman–Crippen MR) is 44.4 cm³/mol. The largest absolute Gasteiger partial charge is 0.471 e. The van der Waals surface area contributed by atoms with E-state index in [9.17, 15) is 4.79 Å². The summed E-state index contributed by atoms with van der Waals surface area (Å²) in [4.78, 5) is 10.6. The fraction of sp³-hybridized carbons (Fsp3) is 0.667. The van der Waals surface area contributed by atoms with Gasteiger partial charge in [-0.15, -0.1) is 0 Å². The van der Waals surface area contributed by atoms with Gasteiger partial charge < -0.3 is 9.47 Å².